The molecule has 7 heteroatoms. The van der Waals surface area contributed by atoms with E-state index >= 15 is 0 Å². The first-order valence-corrected chi connectivity index (χ1v) is 10.4. The molecule has 6 nitrogen and oxygen atoms in total. The van der Waals surface area contributed by atoms with Crippen LogP contribution in [0.15, 0.2) is 77.8 Å². The number of nitrogens with one attached hydrogen (secondary N) is 2. The Hall–Kier alpha value is -3.64. The van der Waals surface area contributed by atoms with Crippen molar-refractivity contribution in [3.05, 3.63) is 94.5 Å². The van der Waals surface area contributed by atoms with Crippen LogP contribution in [0.25, 0.3) is 0 Å². The average molecular weight is 431 g/mol. The number of hydrogen-bond acceptors (Lipinski definition) is 3. The van der Waals surface area contributed by atoms with E-state index in [4.69, 9.17) is 16.6 Å². The minimum Gasteiger partial charge on any atom is -0.308 e. The summed E-state index contributed by atoms with van der Waals surface area (Å²) in [5.41, 5.74) is 4.91. The fourth-order valence-corrected chi connectivity index (χ4v) is 4.22. The van der Waals surface area contributed by atoms with Crippen molar-refractivity contribution in [2.24, 2.45) is 4.99 Å². The van der Waals surface area contributed by atoms with Crippen LogP contribution >= 0.6 is 11.6 Å². The van der Waals surface area contributed by atoms with Crippen molar-refractivity contribution in [1.82, 2.24) is 5.32 Å². The van der Waals surface area contributed by atoms with Gasteiger partial charge in [-0.15, -0.1) is 0 Å². The van der Waals surface area contributed by atoms with Crippen LogP contribution in [0.1, 0.15) is 16.7 Å². The van der Waals surface area contributed by atoms with E-state index in [0.717, 1.165) is 28.8 Å². The molecule has 0 aliphatic carbocycles. The molecular formula is C24H19ClN4O2. The molecule has 3 aromatic rings. The molecule has 154 valence electrons. The Bertz CT molecular complexity index is 1210. The molecule has 2 aliphatic rings. The third kappa shape index (κ3) is 3.55. The molecule has 3 amide bonds. The minimum absolute atomic E-state index is 0.258. The van der Waals surface area contributed by atoms with Crippen LogP contribution in [0.5, 0.6) is 0 Å². The van der Waals surface area contributed by atoms with Crippen molar-refractivity contribution in [2.45, 2.75) is 12.6 Å². The van der Waals surface area contributed by atoms with Crippen LogP contribution in [0.3, 0.4) is 0 Å². The number of amides is 3. The van der Waals surface area contributed by atoms with Crippen LogP contribution in [-0.4, -0.2) is 30.4 Å². The second kappa shape index (κ2) is 7.89. The number of benzene rings is 3. The summed E-state index contributed by atoms with van der Waals surface area (Å²) in [6, 6.07) is 22.1. The molecule has 0 spiro atoms. The topological polar surface area (TPSA) is 73.8 Å². The lowest BCUT2D eigenvalue weighted by Crippen LogP contribution is -2.48. The number of urea groups is 1. The van der Waals surface area contributed by atoms with Gasteiger partial charge in [0.05, 0.1) is 22.1 Å². The fraction of sp³-hybridized carbons (Fsp3) is 0.125. The minimum atomic E-state index is -1.06. The quantitative estimate of drug-likeness (QED) is 0.652. The van der Waals surface area contributed by atoms with E-state index in [1.165, 1.54) is 0 Å². The van der Waals surface area contributed by atoms with Gasteiger partial charge in [0.15, 0.2) is 0 Å². The highest BCUT2D eigenvalue weighted by atomic mass is 35.5. The van der Waals surface area contributed by atoms with E-state index in [9.17, 15) is 9.59 Å². The number of aliphatic imine (C=N–C) groups is 1. The van der Waals surface area contributed by atoms with Crippen molar-refractivity contribution >= 4 is 40.6 Å². The van der Waals surface area contributed by atoms with Crippen molar-refractivity contribution in [3.8, 4) is 0 Å². The lowest BCUT2D eigenvalue weighted by atomic mass is 9.98. The molecule has 5 rings (SSSR count). The Morgan fingerprint density at radius 1 is 1.00 bits per heavy atom. The van der Waals surface area contributed by atoms with E-state index in [1.54, 1.807) is 29.2 Å². The third-order valence-electron chi connectivity index (χ3n) is 5.44. The average Bonchev–Trinajstić information content (AvgIpc) is 3.18. The van der Waals surface area contributed by atoms with Gasteiger partial charge in [0.1, 0.15) is 0 Å². The normalized spacial score (nSPS) is 16.9. The Balaban J connectivity index is 1.53. The lowest BCUT2D eigenvalue weighted by molar-refractivity contribution is -0.120. The summed E-state index contributed by atoms with van der Waals surface area (Å²) >= 11 is 6.14. The third-order valence-corrected chi connectivity index (χ3v) is 5.77. The molecule has 0 radical (unpaired) electrons. The first-order chi connectivity index (χ1) is 15.1. The summed E-state index contributed by atoms with van der Waals surface area (Å²) in [4.78, 5) is 32.5. The van der Waals surface area contributed by atoms with E-state index in [-0.39, 0.29) is 5.91 Å². The molecule has 1 unspecified atom stereocenters. The highest BCUT2D eigenvalue weighted by Gasteiger charge is 2.37. The molecule has 0 aromatic heterocycles. The summed E-state index contributed by atoms with van der Waals surface area (Å²) in [5.74, 6) is -0.258. The van der Waals surface area contributed by atoms with Crippen molar-refractivity contribution in [1.29, 1.82) is 0 Å². The Labute approximate surface area is 184 Å². The Kier molecular flexibility index (Phi) is 4.92. The number of halogens is 1. The summed E-state index contributed by atoms with van der Waals surface area (Å²) < 4.78 is 0. The molecule has 0 fully saturated rings. The Morgan fingerprint density at radius 3 is 2.58 bits per heavy atom. The molecular weight excluding hydrogens is 412 g/mol. The molecule has 2 aliphatic heterocycles. The standard InChI is InChI=1S/C24H19ClN4O2/c25-18-11-4-5-12-19(18)26-24(31)28-22-23(30)29-14-13-16-9-6-10-17(21(16)29)20(27-22)15-7-2-1-3-8-15/h1-12,22H,13-14H2,(H2,26,28,31). The molecule has 0 bridgehead atoms. The fourth-order valence-electron chi connectivity index (χ4n) is 4.03. The largest absolute Gasteiger partial charge is 0.321 e. The van der Waals surface area contributed by atoms with Gasteiger partial charge in [-0.05, 0) is 24.1 Å². The first-order valence-electron chi connectivity index (χ1n) is 10.0. The first kappa shape index (κ1) is 19.3. The van der Waals surface area contributed by atoms with Gasteiger partial charge in [0, 0.05) is 17.7 Å². The van der Waals surface area contributed by atoms with Crippen LogP contribution in [0, 0.1) is 0 Å². The molecule has 0 saturated carbocycles. The van der Waals surface area contributed by atoms with Gasteiger partial charge in [-0.25, -0.2) is 9.79 Å². The predicted molar refractivity (Wildman–Crippen MR) is 122 cm³/mol. The van der Waals surface area contributed by atoms with Crippen molar-refractivity contribution < 1.29 is 9.59 Å². The van der Waals surface area contributed by atoms with E-state index in [1.807, 2.05) is 48.5 Å². The molecule has 2 N–H and O–H groups in total. The van der Waals surface area contributed by atoms with Crippen LogP contribution in [-0.2, 0) is 11.2 Å². The number of para-hydroxylation sites is 2. The van der Waals surface area contributed by atoms with Gasteiger partial charge < -0.3 is 15.5 Å². The molecule has 2 heterocycles. The van der Waals surface area contributed by atoms with Gasteiger partial charge in [-0.1, -0.05) is 72.3 Å². The van der Waals surface area contributed by atoms with Crippen LogP contribution < -0.4 is 15.5 Å². The predicted octanol–water partition coefficient (Wildman–Crippen LogP) is 4.23. The highest BCUT2D eigenvalue weighted by molar-refractivity contribution is 6.33. The van der Waals surface area contributed by atoms with E-state index in [0.29, 0.717) is 23.0 Å². The zero-order valence-electron chi connectivity index (χ0n) is 16.5. The number of anilines is 2. The number of carbonyl (C=O) groups excluding carboxylic acids is 2. The SMILES string of the molecule is O=C(Nc1ccccc1Cl)NC1N=C(c2ccccc2)c2cccc3c2N(CC3)C1=O. The van der Waals surface area contributed by atoms with Crippen LogP contribution in [0.2, 0.25) is 5.02 Å². The number of carbonyl (C=O) groups is 2. The Morgan fingerprint density at radius 2 is 1.77 bits per heavy atom. The van der Waals surface area contributed by atoms with Crippen LogP contribution in [0.4, 0.5) is 16.2 Å². The maximum Gasteiger partial charge on any atom is 0.321 e. The second-order valence-electron chi connectivity index (χ2n) is 7.38. The van der Waals surface area contributed by atoms with Crippen molar-refractivity contribution in [3.63, 3.8) is 0 Å². The molecule has 1 atom stereocenters. The summed E-state index contributed by atoms with van der Waals surface area (Å²) in [5, 5.41) is 5.83. The number of nitrogens with zero attached hydrogens (tertiary/aromatic N) is 2. The van der Waals surface area contributed by atoms with Gasteiger partial charge in [0.2, 0.25) is 6.17 Å². The summed E-state index contributed by atoms with van der Waals surface area (Å²) in [6.45, 7) is 0.563. The summed E-state index contributed by atoms with van der Waals surface area (Å²) in [7, 11) is 0. The highest BCUT2D eigenvalue weighted by Crippen LogP contribution is 2.36. The zero-order chi connectivity index (χ0) is 21.4. The number of hydrogen-bond donors (Lipinski definition) is 2. The van der Waals surface area contributed by atoms with Gasteiger partial charge in [0.25, 0.3) is 5.91 Å². The van der Waals surface area contributed by atoms with E-state index in [2.05, 4.69) is 10.6 Å². The zero-order valence-corrected chi connectivity index (χ0v) is 17.3. The molecule has 3 aromatic carbocycles. The second-order valence-corrected chi connectivity index (χ2v) is 7.78. The maximum atomic E-state index is 13.4. The molecule has 0 saturated heterocycles. The van der Waals surface area contributed by atoms with Crippen molar-refractivity contribution in [2.75, 3.05) is 16.8 Å². The number of rotatable bonds is 3. The summed E-state index contributed by atoms with van der Waals surface area (Å²) in [6.07, 6.45) is -0.286. The monoisotopic (exact) mass is 430 g/mol. The maximum absolute atomic E-state index is 13.4. The van der Waals surface area contributed by atoms with E-state index < -0.39 is 12.2 Å². The van der Waals surface area contributed by atoms with Gasteiger partial charge in [-0.2, -0.15) is 0 Å². The van der Waals surface area contributed by atoms with Gasteiger partial charge >= 0.3 is 6.03 Å². The molecule has 31 heavy (non-hydrogen) atoms. The lowest BCUT2D eigenvalue weighted by Gasteiger charge is -2.21. The van der Waals surface area contributed by atoms with Gasteiger partial charge in [-0.3, -0.25) is 4.79 Å². The smallest absolute Gasteiger partial charge is 0.308 e.